The van der Waals surface area contributed by atoms with Gasteiger partial charge in [-0.05, 0) is 36.4 Å². The van der Waals surface area contributed by atoms with Crippen molar-refractivity contribution in [1.29, 1.82) is 0 Å². The van der Waals surface area contributed by atoms with Crippen molar-refractivity contribution in [3.8, 4) is 0 Å². The quantitative estimate of drug-likeness (QED) is 0.755. The lowest BCUT2D eigenvalue weighted by atomic mass is 10.2. The fourth-order valence-corrected chi connectivity index (χ4v) is 2.93. The molecule has 7 nitrogen and oxygen atoms in total. The molecule has 9 heteroatoms. The topological polar surface area (TPSA) is 102 Å². The van der Waals surface area contributed by atoms with Crippen molar-refractivity contribution in [3.05, 3.63) is 59.9 Å². The maximum atomic E-state index is 13.6. The first kappa shape index (κ1) is 18.4. The number of carbonyl (C=O) groups excluding carboxylic acids is 2. The minimum atomic E-state index is -4.00. The third-order valence-corrected chi connectivity index (χ3v) is 4.55. The number of anilines is 1. The van der Waals surface area contributed by atoms with E-state index in [2.05, 4.69) is 14.8 Å². The average molecular weight is 366 g/mol. The molecule has 0 aliphatic heterocycles. The minimum Gasteiger partial charge on any atom is -0.468 e. The molecule has 2 rings (SSSR count). The van der Waals surface area contributed by atoms with Gasteiger partial charge in [-0.25, -0.2) is 12.8 Å². The van der Waals surface area contributed by atoms with Gasteiger partial charge in [0.1, 0.15) is 12.4 Å². The van der Waals surface area contributed by atoms with E-state index in [0.717, 1.165) is 6.07 Å². The van der Waals surface area contributed by atoms with Gasteiger partial charge < -0.3 is 10.1 Å². The van der Waals surface area contributed by atoms with Crippen molar-refractivity contribution >= 4 is 27.6 Å². The van der Waals surface area contributed by atoms with Crippen LogP contribution >= 0.6 is 0 Å². The number of hydrogen-bond acceptors (Lipinski definition) is 5. The van der Waals surface area contributed by atoms with Crippen LogP contribution in [-0.2, 0) is 19.6 Å². The molecule has 25 heavy (non-hydrogen) atoms. The highest BCUT2D eigenvalue weighted by Gasteiger charge is 2.17. The number of benzene rings is 2. The number of rotatable bonds is 6. The highest BCUT2D eigenvalue weighted by atomic mass is 32.2. The molecule has 0 heterocycles. The second kappa shape index (κ2) is 7.75. The van der Waals surface area contributed by atoms with Crippen molar-refractivity contribution < 1.29 is 27.1 Å². The SMILES string of the molecule is COC(=O)CNC(=O)c1ccc(S(=O)(=O)Nc2ccccc2F)cc1. The molecule has 0 saturated heterocycles. The van der Waals surface area contributed by atoms with Crippen LogP contribution in [0.4, 0.5) is 10.1 Å². The fourth-order valence-electron chi connectivity index (χ4n) is 1.86. The number of methoxy groups -OCH3 is 1. The van der Waals surface area contributed by atoms with E-state index in [4.69, 9.17) is 0 Å². The Morgan fingerprint density at radius 2 is 1.72 bits per heavy atom. The third kappa shape index (κ3) is 4.77. The summed E-state index contributed by atoms with van der Waals surface area (Å²) in [6.45, 7) is -0.301. The van der Waals surface area contributed by atoms with Crippen LogP contribution in [0.15, 0.2) is 53.4 Å². The molecule has 0 spiro atoms. The summed E-state index contributed by atoms with van der Waals surface area (Å²) in [5.74, 6) is -1.87. The summed E-state index contributed by atoms with van der Waals surface area (Å²) in [5.41, 5.74) is -0.0175. The van der Waals surface area contributed by atoms with Gasteiger partial charge in [-0.2, -0.15) is 0 Å². The van der Waals surface area contributed by atoms with Crippen LogP contribution in [0.25, 0.3) is 0 Å². The third-order valence-electron chi connectivity index (χ3n) is 3.17. The molecule has 0 atom stereocenters. The molecule has 0 aliphatic rings. The van der Waals surface area contributed by atoms with E-state index >= 15 is 0 Å². The first-order valence-electron chi connectivity index (χ1n) is 7.06. The van der Waals surface area contributed by atoms with Crippen LogP contribution < -0.4 is 10.0 Å². The van der Waals surface area contributed by atoms with Crippen LogP contribution in [0.2, 0.25) is 0 Å². The van der Waals surface area contributed by atoms with Gasteiger partial charge in [0.2, 0.25) is 0 Å². The maximum Gasteiger partial charge on any atom is 0.325 e. The second-order valence-electron chi connectivity index (χ2n) is 4.87. The van der Waals surface area contributed by atoms with Gasteiger partial charge in [0.15, 0.2) is 0 Å². The van der Waals surface area contributed by atoms with Gasteiger partial charge in [-0.1, -0.05) is 12.1 Å². The molecule has 0 bridgehead atoms. The lowest BCUT2D eigenvalue weighted by molar-refractivity contribution is -0.139. The first-order valence-corrected chi connectivity index (χ1v) is 8.54. The van der Waals surface area contributed by atoms with Crippen molar-refractivity contribution in [2.24, 2.45) is 0 Å². The van der Waals surface area contributed by atoms with Gasteiger partial charge in [0.25, 0.3) is 15.9 Å². The lowest BCUT2D eigenvalue weighted by Crippen LogP contribution is -2.30. The molecular weight excluding hydrogens is 351 g/mol. The molecule has 0 aliphatic carbocycles. The maximum absolute atomic E-state index is 13.6. The number of halogens is 1. The number of nitrogens with one attached hydrogen (secondary N) is 2. The molecule has 0 fully saturated rings. The predicted molar refractivity (Wildman–Crippen MR) is 88.0 cm³/mol. The van der Waals surface area contributed by atoms with Crippen molar-refractivity contribution in [1.82, 2.24) is 5.32 Å². The summed E-state index contributed by atoms with van der Waals surface area (Å²) in [7, 11) is -2.81. The highest BCUT2D eigenvalue weighted by molar-refractivity contribution is 7.92. The zero-order valence-corrected chi connectivity index (χ0v) is 14.0. The van der Waals surface area contributed by atoms with Crippen LogP contribution in [0, 0.1) is 5.82 Å². The molecule has 2 aromatic carbocycles. The van der Waals surface area contributed by atoms with Crippen molar-refractivity contribution in [2.75, 3.05) is 18.4 Å². The number of sulfonamides is 1. The summed E-state index contributed by atoms with van der Waals surface area (Å²) in [6, 6.07) is 10.3. The molecule has 0 radical (unpaired) electrons. The van der Waals surface area contributed by atoms with Gasteiger partial charge in [0, 0.05) is 5.56 Å². The van der Waals surface area contributed by atoms with E-state index in [1.165, 1.54) is 49.6 Å². The van der Waals surface area contributed by atoms with Crippen LogP contribution in [0.3, 0.4) is 0 Å². The van der Waals surface area contributed by atoms with E-state index in [-0.39, 0.29) is 22.7 Å². The smallest absolute Gasteiger partial charge is 0.325 e. The number of para-hydroxylation sites is 1. The van der Waals surface area contributed by atoms with Crippen molar-refractivity contribution in [2.45, 2.75) is 4.90 Å². The van der Waals surface area contributed by atoms with Crippen LogP contribution in [0.1, 0.15) is 10.4 Å². The molecular formula is C16H15FN2O5S. The van der Waals surface area contributed by atoms with E-state index < -0.39 is 27.7 Å². The Morgan fingerprint density at radius 3 is 2.32 bits per heavy atom. The number of ether oxygens (including phenoxy) is 1. The normalized spacial score (nSPS) is 10.8. The van der Waals surface area contributed by atoms with Crippen LogP contribution in [-0.4, -0.2) is 33.9 Å². The van der Waals surface area contributed by atoms with Crippen LogP contribution in [0.5, 0.6) is 0 Å². The summed E-state index contributed by atoms with van der Waals surface area (Å²) < 4.78 is 44.6. The Hall–Kier alpha value is -2.94. The average Bonchev–Trinajstić information content (AvgIpc) is 2.61. The Labute approximate surface area is 143 Å². The molecule has 132 valence electrons. The van der Waals surface area contributed by atoms with E-state index in [0.29, 0.717) is 0 Å². The van der Waals surface area contributed by atoms with Gasteiger partial charge >= 0.3 is 5.97 Å². The molecule has 0 saturated carbocycles. The van der Waals surface area contributed by atoms with Gasteiger partial charge in [-0.3, -0.25) is 14.3 Å². The molecule has 2 aromatic rings. The van der Waals surface area contributed by atoms with Gasteiger partial charge in [0.05, 0.1) is 17.7 Å². The summed E-state index contributed by atoms with van der Waals surface area (Å²) in [5, 5.41) is 2.33. The van der Waals surface area contributed by atoms with Gasteiger partial charge in [-0.15, -0.1) is 0 Å². The monoisotopic (exact) mass is 366 g/mol. The number of amides is 1. The Balaban J connectivity index is 2.12. The highest BCUT2D eigenvalue weighted by Crippen LogP contribution is 2.19. The molecule has 1 amide bonds. The van der Waals surface area contributed by atoms with E-state index in [1.807, 2.05) is 0 Å². The number of carbonyl (C=O) groups is 2. The molecule has 2 N–H and O–H groups in total. The first-order chi connectivity index (χ1) is 11.8. The summed E-state index contributed by atoms with van der Waals surface area (Å²) in [6.07, 6.45) is 0. The second-order valence-corrected chi connectivity index (χ2v) is 6.55. The summed E-state index contributed by atoms with van der Waals surface area (Å²) in [4.78, 5) is 22.7. The number of hydrogen-bond donors (Lipinski definition) is 2. The molecule has 0 unspecified atom stereocenters. The predicted octanol–water partition coefficient (Wildman–Crippen LogP) is 1.53. The van der Waals surface area contributed by atoms with E-state index in [1.54, 1.807) is 0 Å². The van der Waals surface area contributed by atoms with E-state index in [9.17, 15) is 22.4 Å². The number of esters is 1. The standard InChI is InChI=1S/C16H15FN2O5S/c1-24-15(20)10-18-16(21)11-6-8-12(9-7-11)25(22,23)19-14-5-3-2-4-13(14)17/h2-9,19H,10H2,1H3,(H,18,21). The zero-order chi connectivity index (χ0) is 18.4. The van der Waals surface area contributed by atoms with Crippen molar-refractivity contribution in [3.63, 3.8) is 0 Å². The largest absolute Gasteiger partial charge is 0.468 e. The Bertz CT molecular complexity index is 882. The lowest BCUT2D eigenvalue weighted by Gasteiger charge is -2.09. The molecule has 0 aromatic heterocycles. The summed E-state index contributed by atoms with van der Waals surface area (Å²) >= 11 is 0. The zero-order valence-electron chi connectivity index (χ0n) is 13.2. The Morgan fingerprint density at radius 1 is 1.08 bits per heavy atom. The Kier molecular flexibility index (Phi) is 5.71. The fraction of sp³-hybridized carbons (Fsp3) is 0.125. The minimum absolute atomic E-state index is 0.139.